The van der Waals surface area contributed by atoms with Crippen molar-refractivity contribution in [2.75, 3.05) is 31.7 Å². The third kappa shape index (κ3) is 6.16. The number of carbonyl (C=O) groups is 2. The molecular weight excluding hydrogens is 482 g/mol. The molecule has 1 aromatic heterocycles. The minimum Gasteiger partial charge on any atom is -0.494 e. The van der Waals surface area contributed by atoms with Crippen LogP contribution in [0.1, 0.15) is 48.8 Å². The van der Waals surface area contributed by atoms with Crippen LogP contribution in [-0.4, -0.2) is 55.2 Å². The van der Waals surface area contributed by atoms with Crippen molar-refractivity contribution in [1.29, 1.82) is 5.26 Å². The van der Waals surface area contributed by atoms with Gasteiger partial charge >= 0.3 is 6.09 Å². The molecule has 1 N–H and O–H groups in total. The summed E-state index contributed by atoms with van der Waals surface area (Å²) in [6.07, 6.45) is 0.594. The number of hydrogen-bond donors (Lipinski definition) is 1. The number of benzene rings is 1. The molecule has 1 fully saturated rings. The molecule has 0 bridgehead atoms. The predicted molar refractivity (Wildman–Crippen MR) is 134 cm³/mol. The first kappa shape index (κ1) is 25.9. The van der Waals surface area contributed by atoms with Gasteiger partial charge in [-0.25, -0.2) is 4.79 Å². The van der Waals surface area contributed by atoms with E-state index in [1.165, 1.54) is 11.3 Å². The highest BCUT2D eigenvalue weighted by molar-refractivity contribution is 7.16. The second-order valence-corrected chi connectivity index (χ2v) is 10.2. The molecule has 1 saturated heterocycles. The molecule has 3 heterocycles. The molecule has 2 aliphatic heterocycles. The normalized spacial score (nSPS) is 18.3. The Morgan fingerprint density at radius 3 is 2.86 bits per heavy atom. The van der Waals surface area contributed by atoms with Crippen LogP contribution >= 0.6 is 11.3 Å². The van der Waals surface area contributed by atoms with Crippen molar-refractivity contribution in [2.45, 2.75) is 58.5 Å². The van der Waals surface area contributed by atoms with Crippen molar-refractivity contribution in [2.24, 2.45) is 0 Å². The summed E-state index contributed by atoms with van der Waals surface area (Å²) in [5, 5.41) is 13.2. The Labute approximate surface area is 214 Å². The number of rotatable bonds is 8. The molecule has 0 radical (unpaired) electrons. The van der Waals surface area contributed by atoms with E-state index in [4.69, 9.17) is 18.9 Å². The van der Waals surface area contributed by atoms with Crippen LogP contribution in [-0.2, 0) is 38.4 Å². The molecule has 1 aromatic carbocycles. The molecule has 36 heavy (non-hydrogen) atoms. The maximum absolute atomic E-state index is 12.7. The Bertz CT molecular complexity index is 1160. The highest BCUT2D eigenvalue weighted by atomic mass is 32.1. The van der Waals surface area contributed by atoms with E-state index in [-0.39, 0.29) is 25.0 Å². The highest BCUT2D eigenvalue weighted by Crippen LogP contribution is 2.37. The van der Waals surface area contributed by atoms with Crippen LogP contribution < -0.4 is 10.1 Å². The molecule has 2 aliphatic rings. The standard InChI is InChI=1S/C26H31N3O6S/c1-4-32-21-8-6-5-7-17(21)9-10-23(30)28-24-20(13-27)19-11-12-29(14-22(19)36-24)25(31)33-15-18-16-34-26(2,3)35-18/h5-8,18H,4,9-12,14-16H2,1-3H3,(H,28,30). The zero-order valence-corrected chi connectivity index (χ0v) is 21.6. The Balaban J connectivity index is 1.34. The SMILES string of the molecule is CCOc1ccccc1CCC(=O)Nc1sc2c(c1C#N)CCN(C(=O)OCC1COC(C)(C)O1)C2. The summed E-state index contributed by atoms with van der Waals surface area (Å²) in [5.74, 6) is -0.0656. The van der Waals surface area contributed by atoms with Crippen molar-refractivity contribution in [3.8, 4) is 11.8 Å². The van der Waals surface area contributed by atoms with Gasteiger partial charge in [0.15, 0.2) is 5.79 Å². The van der Waals surface area contributed by atoms with E-state index in [2.05, 4.69) is 11.4 Å². The number of para-hydroxylation sites is 1. The zero-order valence-electron chi connectivity index (χ0n) is 20.8. The van der Waals surface area contributed by atoms with Crippen LogP contribution in [0, 0.1) is 11.3 Å². The number of anilines is 1. The molecule has 2 aromatic rings. The third-order valence-electron chi connectivity index (χ3n) is 6.03. The molecule has 1 atom stereocenters. The fourth-order valence-electron chi connectivity index (χ4n) is 4.31. The lowest BCUT2D eigenvalue weighted by Crippen LogP contribution is -2.37. The number of aryl methyl sites for hydroxylation is 1. The number of carbonyl (C=O) groups excluding carboxylic acids is 2. The minimum absolute atomic E-state index is 0.118. The van der Waals surface area contributed by atoms with Gasteiger partial charge in [0.25, 0.3) is 0 Å². The van der Waals surface area contributed by atoms with Gasteiger partial charge in [-0.3, -0.25) is 4.79 Å². The molecule has 0 saturated carbocycles. The quantitative estimate of drug-likeness (QED) is 0.562. The molecule has 10 heteroatoms. The largest absolute Gasteiger partial charge is 0.494 e. The summed E-state index contributed by atoms with van der Waals surface area (Å²) in [6, 6.07) is 9.90. The van der Waals surface area contributed by atoms with Gasteiger partial charge in [-0.15, -0.1) is 11.3 Å². The lowest BCUT2D eigenvalue weighted by Gasteiger charge is -2.26. The number of thiophene rings is 1. The summed E-state index contributed by atoms with van der Waals surface area (Å²) < 4.78 is 22.3. The fraction of sp³-hybridized carbons (Fsp3) is 0.500. The van der Waals surface area contributed by atoms with Crippen LogP contribution in [0.25, 0.3) is 0 Å². The predicted octanol–water partition coefficient (Wildman–Crippen LogP) is 4.24. The zero-order chi connectivity index (χ0) is 25.7. The molecule has 1 unspecified atom stereocenters. The van der Waals surface area contributed by atoms with Crippen molar-refractivity contribution in [3.63, 3.8) is 0 Å². The van der Waals surface area contributed by atoms with Gasteiger partial charge < -0.3 is 29.2 Å². The maximum atomic E-state index is 12.7. The van der Waals surface area contributed by atoms with E-state index in [0.717, 1.165) is 21.8 Å². The van der Waals surface area contributed by atoms with Gasteiger partial charge in [0.05, 0.1) is 25.3 Å². The van der Waals surface area contributed by atoms with Crippen molar-refractivity contribution < 1.29 is 28.5 Å². The van der Waals surface area contributed by atoms with Gasteiger partial charge in [0, 0.05) is 17.8 Å². The Morgan fingerprint density at radius 2 is 2.14 bits per heavy atom. The van der Waals surface area contributed by atoms with Crippen LogP contribution in [0.4, 0.5) is 9.80 Å². The van der Waals surface area contributed by atoms with Crippen LogP contribution in [0.2, 0.25) is 0 Å². The number of nitrogens with one attached hydrogen (secondary N) is 1. The minimum atomic E-state index is -0.671. The highest BCUT2D eigenvalue weighted by Gasteiger charge is 2.34. The summed E-state index contributed by atoms with van der Waals surface area (Å²) in [6.45, 7) is 7.38. The topological polar surface area (TPSA) is 110 Å². The first-order valence-corrected chi connectivity index (χ1v) is 12.9. The fourth-order valence-corrected chi connectivity index (χ4v) is 5.54. The van der Waals surface area contributed by atoms with Gasteiger partial charge in [0.1, 0.15) is 29.5 Å². The maximum Gasteiger partial charge on any atom is 0.410 e. The Morgan fingerprint density at radius 1 is 1.33 bits per heavy atom. The van der Waals surface area contributed by atoms with Crippen molar-refractivity contribution in [3.05, 3.63) is 45.8 Å². The average molecular weight is 514 g/mol. The van der Waals surface area contributed by atoms with Crippen LogP contribution in [0.15, 0.2) is 24.3 Å². The summed E-state index contributed by atoms with van der Waals surface area (Å²) in [5.41, 5.74) is 2.33. The van der Waals surface area contributed by atoms with Crippen molar-refractivity contribution >= 4 is 28.3 Å². The van der Waals surface area contributed by atoms with Crippen LogP contribution in [0.3, 0.4) is 0 Å². The average Bonchev–Trinajstić information content (AvgIpc) is 3.39. The number of amides is 2. The van der Waals surface area contributed by atoms with E-state index < -0.39 is 11.9 Å². The Kier molecular flexibility index (Phi) is 8.14. The van der Waals surface area contributed by atoms with Crippen molar-refractivity contribution in [1.82, 2.24) is 4.90 Å². The lowest BCUT2D eigenvalue weighted by molar-refractivity contribution is -0.143. The molecule has 0 aliphatic carbocycles. The van der Waals surface area contributed by atoms with Gasteiger partial charge in [-0.05, 0) is 50.8 Å². The third-order valence-corrected chi connectivity index (χ3v) is 7.17. The first-order chi connectivity index (χ1) is 17.3. The summed E-state index contributed by atoms with van der Waals surface area (Å²) in [4.78, 5) is 27.8. The number of nitrogens with zero attached hydrogens (tertiary/aromatic N) is 2. The van der Waals surface area contributed by atoms with Gasteiger partial charge in [-0.2, -0.15) is 5.26 Å². The molecule has 4 rings (SSSR count). The van der Waals surface area contributed by atoms with E-state index in [0.29, 0.717) is 49.7 Å². The summed E-state index contributed by atoms with van der Waals surface area (Å²) >= 11 is 1.34. The monoisotopic (exact) mass is 513 g/mol. The van der Waals surface area contributed by atoms with Gasteiger partial charge in [0.2, 0.25) is 5.91 Å². The van der Waals surface area contributed by atoms with E-state index >= 15 is 0 Å². The van der Waals surface area contributed by atoms with E-state index in [1.54, 1.807) is 4.90 Å². The van der Waals surface area contributed by atoms with Crippen LogP contribution in [0.5, 0.6) is 5.75 Å². The van der Waals surface area contributed by atoms with Gasteiger partial charge in [-0.1, -0.05) is 18.2 Å². The number of nitriles is 1. The van der Waals surface area contributed by atoms with E-state index in [1.807, 2.05) is 45.0 Å². The molecule has 0 spiro atoms. The second-order valence-electron chi connectivity index (χ2n) is 9.11. The second kappa shape index (κ2) is 11.3. The van der Waals surface area contributed by atoms with E-state index in [9.17, 15) is 14.9 Å². The molecule has 2 amide bonds. The molecular formula is C26H31N3O6S. The first-order valence-electron chi connectivity index (χ1n) is 12.1. The number of ether oxygens (including phenoxy) is 4. The molecule has 192 valence electrons. The summed E-state index contributed by atoms with van der Waals surface area (Å²) in [7, 11) is 0. The lowest BCUT2D eigenvalue weighted by atomic mass is 10.0. The smallest absolute Gasteiger partial charge is 0.410 e. The number of hydrogen-bond acceptors (Lipinski definition) is 8. The Hall–Kier alpha value is -3.13. The number of fused-ring (bicyclic) bond motifs is 1. The molecule has 9 nitrogen and oxygen atoms in total.